The number of aryl methyl sites for hydroxylation is 1. The molecule has 2 heterocycles. The molecule has 2 N–H and O–H groups in total. The lowest BCUT2D eigenvalue weighted by molar-refractivity contribution is -0.140. The topological polar surface area (TPSA) is 50.7 Å². The van der Waals surface area contributed by atoms with Crippen LogP contribution in [0.1, 0.15) is 17.7 Å². The normalized spacial score (nSPS) is 18.0. The highest BCUT2D eigenvalue weighted by Crippen LogP contribution is 2.32. The summed E-state index contributed by atoms with van der Waals surface area (Å²) in [4.78, 5) is 2.01. The molecule has 0 amide bonds. The van der Waals surface area contributed by atoms with Gasteiger partial charge in [0.25, 0.3) is 0 Å². The molecule has 1 aliphatic rings. The highest BCUT2D eigenvalue weighted by molar-refractivity contribution is 5.94. The number of likely N-dealkylation sites (tertiary alicyclic amines) is 1. The maximum atomic E-state index is 15.0. The van der Waals surface area contributed by atoms with E-state index in [4.69, 9.17) is 9.47 Å². The molecule has 0 aliphatic carbocycles. The van der Waals surface area contributed by atoms with Crippen LogP contribution in [0.15, 0.2) is 42.5 Å². The second kappa shape index (κ2) is 12.6. The van der Waals surface area contributed by atoms with Crippen LogP contribution in [0.2, 0.25) is 0 Å². The second-order valence-electron chi connectivity index (χ2n) is 9.68. The van der Waals surface area contributed by atoms with Crippen LogP contribution in [0, 0.1) is 18.8 Å². The van der Waals surface area contributed by atoms with Crippen molar-refractivity contribution in [1.29, 1.82) is 0 Å². The van der Waals surface area contributed by atoms with Crippen molar-refractivity contribution in [3.8, 4) is 17.6 Å². The number of nitrogens with zero attached hydrogens (tertiary/aromatic N) is 2. The van der Waals surface area contributed by atoms with Gasteiger partial charge in [-0.2, -0.15) is 13.2 Å². The number of halogens is 4. The smallest absolute Gasteiger partial charge is 0.406 e. The number of hydrogen-bond donors (Lipinski definition) is 2. The molecule has 10 heteroatoms. The predicted molar refractivity (Wildman–Crippen MR) is 146 cm³/mol. The molecule has 1 aliphatic heterocycles. The lowest BCUT2D eigenvalue weighted by atomic mass is 10.0. The lowest BCUT2D eigenvalue weighted by Gasteiger charge is -2.35. The minimum atomic E-state index is -4.43. The van der Waals surface area contributed by atoms with Crippen LogP contribution >= 0.6 is 0 Å². The number of piperidine rings is 1. The van der Waals surface area contributed by atoms with Crippen molar-refractivity contribution in [3.05, 3.63) is 53.7 Å². The Morgan fingerprint density at radius 2 is 1.92 bits per heavy atom. The summed E-state index contributed by atoms with van der Waals surface area (Å²) in [7, 11) is 3.19. The zero-order valence-corrected chi connectivity index (χ0v) is 22.4. The molecule has 210 valence electrons. The zero-order valence-electron chi connectivity index (χ0n) is 22.4. The summed E-state index contributed by atoms with van der Waals surface area (Å²) in [5, 5.41) is 6.99. The van der Waals surface area contributed by atoms with E-state index in [0.717, 1.165) is 11.3 Å². The summed E-state index contributed by atoms with van der Waals surface area (Å²) in [6.45, 7) is 3.18. The Labute approximate surface area is 226 Å². The maximum Gasteiger partial charge on any atom is 0.406 e. The summed E-state index contributed by atoms with van der Waals surface area (Å²) in [5.74, 6) is 6.49. The van der Waals surface area contributed by atoms with Crippen LogP contribution in [0.3, 0.4) is 0 Å². The molecule has 1 aromatic heterocycles. The van der Waals surface area contributed by atoms with Crippen LogP contribution in [0.5, 0.6) is 5.75 Å². The van der Waals surface area contributed by atoms with E-state index in [1.807, 2.05) is 30.0 Å². The molecule has 0 radical (unpaired) electrons. The number of nitrogens with one attached hydrogen (secondary N) is 2. The molecule has 39 heavy (non-hydrogen) atoms. The van der Waals surface area contributed by atoms with Crippen molar-refractivity contribution < 1.29 is 27.0 Å². The van der Waals surface area contributed by atoms with Crippen LogP contribution in [0.4, 0.5) is 28.9 Å². The van der Waals surface area contributed by atoms with Crippen LogP contribution in [-0.4, -0.2) is 74.9 Å². The number of hydrogen-bond acceptors (Lipinski definition) is 5. The quantitative estimate of drug-likeness (QED) is 0.276. The van der Waals surface area contributed by atoms with Gasteiger partial charge in [-0.1, -0.05) is 18.1 Å². The van der Waals surface area contributed by atoms with Gasteiger partial charge in [0.05, 0.1) is 43.2 Å². The first kappa shape index (κ1) is 28.6. The van der Waals surface area contributed by atoms with Crippen molar-refractivity contribution >= 4 is 22.3 Å². The molecule has 0 bridgehead atoms. The first-order chi connectivity index (χ1) is 18.7. The minimum absolute atomic E-state index is 0.212. The van der Waals surface area contributed by atoms with Gasteiger partial charge in [-0.15, -0.1) is 0 Å². The Morgan fingerprint density at radius 1 is 1.10 bits per heavy atom. The van der Waals surface area contributed by atoms with Crippen molar-refractivity contribution in [2.24, 2.45) is 0 Å². The third-order valence-electron chi connectivity index (χ3n) is 6.80. The van der Waals surface area contributed by atoms with Gasteiger partial charge in [-0.3, -0.25) is 4.90 Å². The Kier molecular flexibility index (Phi) is 9.25. The summed E-state index contributed by atoms with van der Waals surface area (Å²) in [5.41, 5.74) is 3.01. The summed E-state index contributed by atoms with van der Waals surface area (Å²) < 4.78 is 67.2. The highest BCUT2D eigenvalue weighted by Gasteiger charge is 2.31. The summed E-state index contributed by atoms with van der Waals surface area (Å²) in [6, 6.07) is 12.0. The molecule has 2 aromatic carbocycles. The molecule has 6 nitrogen and oxygen atoms in total. The average molecular weight is 547 g/mol. The number of benzene rings is 2. The lowest BCUT2D eigenvalue weighted by Crippen LogP contribution is -2.48. The molecular formula is C29H34F4N4O2. The average Bonchev–Trinajstić information content (AvgIpc) is 3.24. The molecule has 4 rings (SSSR count). The molecular weight excluding hydrogens is 512 g/mol. The van der Waals surface area contributed by atoms with E-state index in [1.54, 1.807) is 38.5 Å². The maximum absolute atomic E-state index is 15.0. The van der Waals surface area contributed by atoms with Gasteiger partial charge in [0.1, 0.15) is 18.5 Å². The van der Waals surface area contributed by atoms with E-state index >= 15 is 4.39 Å². The summed E-state index contributed by atoms with van der Waals surface area (Å²) in [6.07, 6.45) is -4.98. The Morgan fingerprint density at radius 3 is 2.64 bits per heavy atom. The molecule has 1 fully saturated rings. The largest absolute Gasteiger partial charge is 0.495 e. The Bertz CT molecular complexity index is 1330. The number of rotatable bonds is 9. The van der Waals surface area contributed by atoms with Gasteiger partial charge in [-0.25, -0.2) is 4.39 Å². The summed E-state index contributed by atoms with van der Waals surface area (Å²) >= 11 is 0. The van der Waals surface area contributed by atoms with Gasteiger partial charge in [-0.05, 0) is 55.2 Å². The van der Waals surface area contributed by atoms with E-state index in [9.17, 15) is 13.2 Å². The highest BCUT2D eigenvalue weighted by atomic mass is 19.4. The van der Waals surface area contributed by atoms with Crippen molar-refractivity contribution in [2.45, 2.75) is 38.3 Å². The third kappa shape index (κ3) is 7.37. The standard InChI is InChI=1S/C29H34F4N4O2/c1-20-9-10-26(28(16-20)39-3)34-12-5-6-21-17-22-24(7-4-8-27(22)37(21)19-29(31,32)33)35-25-11-13-36(14-15-38-2)18-23(25)30/h4,7-10,16-17,23,25,34-35H,11-15,18-19H2,1-3H3. The van der Waals surface area contributed by atoms with E-state index in [0.29, 0.717) is 48.5 Å². The fourth-order valence-electron chi connectivity index (χ4n) is 4.84. The van der Waals surface area contributed by atoms with Crippen molar-refractivity contribution in [2.75, 3.05) is 57.6 Å². The molecule has 1 saturated heterocycles. The first-order valence-electron chi connectivity index (χ1n) is 12.9. The monoisotopic (exact) mass is 546 g/mol. The third-order valence-corrected chi connectivity index (χ3v) is 6.80. The number of alkyl halides is 4. The van der Waals surface area contributed by atoms with E-state index in [1.165, 1.54) is 4.57 Å². The molecule has 2 unspecified atom stereocenters. The van der Waals surface area contributed by atoms with Crippen LogP contribution in [-0.2, 0) is 11.3 Å². The van der Waals surface area contributed by atoms with Gasteiger partial charge in [0.15, 0.2) is 0 Å². The molecule has 3 aromatic rings. The second-order valence-corrected chi connectivity index (χ2v) is 9.68. The van der Waals surface area contributed by atoms with Crippen LogP contribution in [0.25, 0.3) is 10.9 Å². The van der Waals surface area contributed by atoms with E-state index in [2.05, 4.69) is 22.5 Å². The fraction of sp³-hybridized carbons (Fsp3) is 0.448. The van der Waals surface area contributed by atoms with Crippen molar-refractivity contribution in [1.82, 2.24) is 9.47 Å². The van der Waals surface area contributed by atoms with Gasteiger partial charge >= 0.3 is 6.18 Å². The van der Waals surface area contributed by atoms with Gasteiger partial charge < -0.3 is 24.7 Å². The van der Waals surface area contributed by atoms with Gasteiger partial charge in [0, 0.05) is 37.8 Å². The number of ether oxygens (including phenoxy) is 2. The van der Waals surface area contributed by atoms with Gasteiger partial charge in [0.2, 0.25) is 0 Å². The van der Waals surface area contributed by atoms with E-state index < -0.39 is 24.9 Å². The molecule has 0 spiro atoms. The SMILES string of the molecule is COCCN1CCC(Nc2cccc3c2cc(C#CCNc2ccc(C)cc2OC)n3CC(F)(F)F)C(F)C1. The Balaban J connectivity index is 1.56. The molecule has 2 atom stereocenters. The Hall–Kier alpha value is -3.42. The fourth-order valence-corrected chi connectivity index (χ4v) is 4.84. The number of fused-ring (bicyclic) bond motifs is 1. The number of aromatic nitrogens is 1. The number of methoxy groups -OCH3 is 2. The molecule has 0 saturated carbocycles. The predicted octanol–water partition coefficient (Wildman–Crippen LogP) is 5.45. The van der Waals surface area contributed by atoms with Crippen molar-refractivity contribution in [3.63, 3.8) is 0 Å². The number of anilines is 2. The van der Waals surface area contributed by atoms with E-state index in [-0.39, 0.29) is 18.8 Å². The van der Waals surface area contributed by atoms with Crippen LogP contribution < -0.4 is 15.4 Å². The first-order valence-corrected chi connectivity index (χ1v) is 12.9. The minimum Gasteiger partial charge on any atom is -0.495 e. The zero-order chi connectivity index (χ0) is 28.0.